The van der Waals surface area contributed by atoms with Crippen molar-refractivity contribution in [3.05, 3.63) is 29.3 Å². The fourth-order valence-electron chi connectivity index (χ4n) is 1.77. The van der Waals surface area contributed by atoms with Gasteiger partial charge in [0.1, 0.15) is 6.07 Å². The Balaban J connectivity index is 2.91. The Hall–Kier alpha value is -1.49. The Labute approximate surface area is 98.5 Å². The van der Waals surface area contributed by atoms with Crippen molar-refractivity contribution < 1.29 is 0 Å². The van der Waals surface area contributed by atoms with E-state index in [2.05, 4.69) is 37.9 Å². The maximum Gasteiger partial charge on any atom is 0.101 e. The fraction of sp³-hybridized carbons (Fsp3) is 0.500. The molecule has 86 valence electrons. The molecule has 16 heavy (non-hydrogen) atoms. The van der Waals surface area contributed by atoms with Gasteiger partial charge in [-0.2, -0.15) is 5.26 Å². The molecule has 0 bridgehead atoms. The monoisotopic (exact) mass is 216 g/mol. The van der Waals surface area contributed by atoms with E-state index in [0.717, 1.165) is 29.8 Å². The van der Waals surface area contributed by atoms with Gasteiger partial charge in [0.25, 0.3) is 0 Å². The third kappa shape index (κ3) is 3.00. The molecule has 0 saturated heterocycles. The highest BCUT2D eigenvalue weighted by Gasteiger charge is 2.09. The van der Waals surface area contributed by atoms with Gasteiger partial charge in [-0.05, 0) is 30.5 Å². The SMILES string of the molecule is CCC(C)CN(C)c1ccc(C)cc1C#N. The second-order valence-corrected chi connectivity index (χ2v) is 4.53. The second kappa shape index (κ2) is 5.55. The van der Waals surface area contributed by atoms with Gasteiger partial charge >= 0.3 is 0 Å². The van der Waals surface area contributed by atoms with Gasteiger partial charge in [-0.3, -0.25) is 0 Å². The lowest BCUT2D eigenvalue weighted by Crippen LogP contribution is -2.24. The van der Waals surface area contributed by atoms with Crippen LogP contribution in [-0.4, -0.2) is 13.6 Å². The van der Waals surface area contributed by atoms with Crippen LogP contribution in [0.1, 0.15) is 31.4 Å². The number of rotatable bonds is 4. The standard InChI is InChI=1S/C14H20N2/c1-5-11(2)10-16(4)14-7-6-12(3)8-13(14)9-15/h6-8,11H,5,10H2,1-4H3. The number of nitriles is 1. The summed E-state index contributed by atoms with van der Waals surface area (Å²) >= 11 is 0. The van der Waals surface area contributed by atoms with E-state index in [0.29, 0.717) is 5.92 Å². The molecule has 0 heterocycles. The average Bonchev–Trinajstić information content (AvgIpc) is 2.28. The molecule has 2 nitrogen and oxygen atoms in total. The van der Waals surface area contributed by atoms with Crippen LogP contribution in [0.2, 0.25) is 0 Å². The normalized spacial score (nSPS) is 11.9. The van der Waals surface area contributed by atoms with E-state index >= 15 is 0 Å². The van der Waals surface area contributed by atoms with Gasteiger partial charge in [0.05, 0.1) is 11.3 Å². The van der Waals surface area contributed by atoms with Crippen molar-refractivity contribution in [3.8, 4) is 6.07 Å². The molecule has 1 atom stereocenters. The van der Waals surface area contributed by atoms with Gasteiger partial charge < -0.3 is 4.90 Å². The molecule has 0 aliphatic heterocycles. The van der Waals surface area contributed by atoms with E-state index in [-0.39, 0.29) is 0 Å². The Bertz CT molecular complexity index is 390. The third-order valence-corrected chi connectivity index (χ3v) is 2.97. The molecule has 0 aromatic heterocycles. The molecular formula is C14H20N2. The van der Waals surface area contributed by atoms with Crippen LogP contribution >= 0.6 is 0 Å². The second-order valence-electron chi connectivity index (χ2n) is 4.53. The highest BCUT2D eigenvalue weighted by molar-refractivity contribution is 5.59. The minimum Gasteiger partial charge on any atom is -0.373 e. The van der Waals surface area contributed by atoms with Gasteiger partial charge in [-0.25, -0.2) is 0 Å². The largest absolute Gasteiger partial charge is 0.373 e. The molecule has 0 aliphatic rings. The average molecular weight is 216 g/mol. The van der Waals surface area contributed by atoms with E-state index in [1.54, 1.807) is 0 Å². The van der Waals surface area contributed by atoms with Crippen LogP contribution in [0.4, 0.5) is 5.69 Å². The third-order valence-electron chi connectivity index (χ3n) is 2.97. The zero-order valence-electron chi connectivity index (χ0n) is 10.6. The van der Waals surface area contributed by atoms with Crippen molar-refractivity contribution in [1.29, 1.82) is 5.26 Å². The van der Waals surface area contributed by atoms with Crippen molar-refractivity contribution in [2.75, 3.05) is 18.5 Å². The Morgan fingerprint density at radius 2 is 2.12 bits per heavy atom. The van der Waals surface area contributed by atoms with Crippen LogP contribution in [0.15, 0.2) is 18.2 Å². The molecule has 0 N–H and O–H groups in total. The predicted octanol–water partition coefficient (Wildman–Crippen LogP) is 3.35. The van der Waals surface area contributed by atoms with Crippen molar-refractivity contribution in [2.24, 2.45) is 5.92 Å². The maximum absolute atomic E-state index is 9.11. The molecule has 0 amide bonds. The predicted molar refractivity (Wildman–Crippen MR) is 68.6 cm³/mol. The van der Waals surface area contributed by atoms with Gasteiger partial charge in [-0.1, -0.05) is 26.3 Å². The summed E-state index contributed by atoms with van der Waals surface area (Å²) in [4.78, 5) is 2.17. The lowest BCUT2D eigenvalue weighted by molar-refractivity contribution is 0.560. The maximum atomic E-state index is 9.11. The summed E-state index contributed by atoms with van der Waals surface area (Å²) in [6.45, 7) is 7.43. The topological polar surface area (TPSA) is 27.0 Å². The zero-order chi connectivity index (χ0) is 12.1. The summed E-state index contributed by atoms with van der Waals surface area (Å²) in [5.41, 5.74) is 2.94. The van der Waals surface area contributed by atoms with E-state index in [1.165, 1.54) is 0 Å². The Morgan fingerprint density at radius 1 is 1.44 bits per heavy atom. The lowest BCUT2D eigenvalue weighted by Gasteiger charge is -2.23. The van der Waals surface area contributed by atoms with Gasteiger partial charge in [-0.15, -0.1) is 0 Å². The van der Waals surface area contributed by atoms with Crippen LogP contribution < -0.4 is 4.90 Å². The lowest BCUT2D eigenvalue weighted by atomic mass is 10.1. The molecule has 1 aromatic carbocycles. The van der Waals surface area contributed by atoms with Crippen LogP contribution in [0, 0.1) is 24.2 Å². The molecule has 0 radical (unpaired) electrons. The summed E-state index contributed by atoms with van der Waals surface area (Å²) in [6, 6.07) is 8.31. The van der Waals surface area contributed by atoms with E-state index < -0.39 is 0 Å². The van der Waals surface area contributed by atoms with Crippen molar-refractivity contribution in [2.45, 2.75) is 27.2 Å². The summed E-state index contributed by atoms with van der Waals surface area (Å²) in [6.07, 6.45) is 1.16. The van der Waals surface area contributed by atoms with Crippen LogP contribution in [-0.2, 0) is 0 Å². The highest BCUT2D eigenvalue weighted by atomic mass is 15.1. The number of nitrogens with zero attached hydrogens (tertiary/aromatic N) is 2. The number of hydrogen-bond acceptors (Lipinski definition) is 2. The first-order chi connectivity index (χ1) is 7.58. The molecule has 1 rings (SSSR count). The number of aryl methyl sites for hydroxylation is 1. The molecule has 0 spiro atoms. The molecule has 1 aromatic rings. The highest BCUT2D eigenvalue weighted by Crippen LogP contribution is 2.21. The Kier molecular flexibility index (Phi) is 4.37. The van der Waals surface area contributed by atoms with E-state index in [9.17, 15) is 0 Å². The molecule has 1 unspecified atom stereocenters. The first kappa shape index (κ1) is 12.6. The minimum absolute atomic E-state index is 0.651. The van der Waals surface area contributed by atoms with Crippen LogP contribution in [0.3, 0.4) is 0 Å². The number of benzene rings is 1. The molecule has 0 fully saturated rings. The van der Waals surface area contributed by atoms with Crippen molar-refractivity contribution in [1.82, 2.24) is 0 Å². The van der Waals surface area contributed by atoms with Crippen LogP contribution in [0.5, 0.6) is 0 Å². The number of anilines is 1. The van der Waals surface area contributed by atoms with Gasteiger partial charge in [0, 0.05) is 13.6 Å². The quantitative estimate of drug-likeness (QED) is 0.771. The van der Waals surface area contributed by atoms with Crippen molar-refractivity contribution in [3.63, 3.8) is 0 Å². The molecule has 0 saturated carbocycles. The molecular weight excluding hydrogens is 196 g/mol. The van der Waals surface area contributed by atoms with E-state index in [1.807, 2.05) is 19.1 Å². The number of hydrogen-bond donors (Lipinski definition) is 0. The summed E-state index contributed by atoms with van der Waals surface area (Å²) in [5.74, 6) is 0.651. The van der Waals surface area contributed by atoms with Crippen molar-refractivity contribution >= 4 is 5.69 Å². The van der Waals surface area contributed by atoms with E-state index in [4.69, 9.17) is 5.26 Å². The van der Waals surface area contributed by atoms with Gasteiger partial charge in [0.2, 0.25) is 0 Å². The van der Waals surface area contributed by atoms with Crippen LogP contribution in [0.25, 0.3) is 0 Å². The molecule has 2 heteroatoms. The summed E-state index contributed by atoms with van der Waals surface area (Å²) < 4.78 is 0. The molecule has 0 aliphatic carbocycles. The fourth-order valence-corrected chi connectivity index (χ4v) is 1.77. The Morgan fingerprint density at radius 3 is 2.69 bits per heavy atom. The minimum atomic E-state index is 0.651. The smallest absolute Gasteiger partial charge is 0.101 e. The first-order valence-corrected chi connectivity index (χ1v) is 5.80. The zero-order valence-corrected chi connectivity index (χ0v) is 10.6. The summed E-state index contributed by atoms with van der Waals surface area (Å²) in [5, 5.41) is 9.11. The van der Waals surface area contributed by atoms with Gasteiger partial charge in [0.15, 0.2) is 0 Å². The first-order valence-electron chi connectivity index (χ1n) is 5.80. The summed E-state index contributed by atoms with van der Waals surface area (Å²) in [7, 11) is 2.05.